The fourth-order valence-corrected chi connectivity index (χ4v) is 4.79. The third-order valence-electron chi connectivity index (χ3n) is 5.06. The number of halogens is 2. The molecule has 10 heteroatoms. The molecule has 1 amide bonds. The first-order valence-corrected chi connectivity index (χ1v) is 11.4. The molecule has 0 radical (unpaired) electrons. The van der Waals surface area contributed by atoms with Gasteiger partial charge in [0.15, 0.2) is 0 Å². The fourth-order valence-electron chi connectivity index (χ4n) is 3.34. The highest BCUT2D eigenvalue weighted by atomic mass is 35.5. The van der Waals surface area contributed by atoms with Crippen LogP contribution in [0.4, 0.5) is 10.3 Å². The van der Waals surface area contributed by atoms with E-state index < -0.39 is 15.7 Å². The molecule has 0 saturated carbocycles. The number of hydrogen-bond acceptors (Lipinski definition) is 6. The number of amides is 1. The van der Waals surface area contributed by atoms with Crippen molar-refractivity contribution in [3.8, 4) is 11.5 Å². The number of hydrogen-bond donors (Lipinski definition) is 0. The Morgan fingerprint density at radius 1 is 1.03 bits per heavy atom. The van der Waals surface area contributed by atoms with E-state index in [1.807, 2.05) is 0 Å². The first kappa shape index (κ1) is 21.3. The van der Waals surface area contributed by atoms with Gasteiger partial charge >= 0.3 is 0 Å². The Bertz CT molecular complexity index is 1200. The molecule has 0 N–H and O–H groups in total. The van der Waals surface area contributed by atoms with Gasteiger partial charge in [-0.05, 0) is 48.5 Å². The summed E-state index contributed by atoms with van der Waals surface area (Å²) in [5, 5.41) is 0.273. The van der Waals surface area contributed by atoms with Crippen LogP contribution in [0, 0.1) is 5.82 Å². The Labute approximate surface area is 184 Å². The quantitative estimate of drug-likeness (QED) is 0.549. The molecule has 1 saturated heterocycles. The van der Waals surface area contributed by atoms with Crippen LogP contribution in [0.25, 0.3) is 11.5 Å². The lowest BCUT2D eigenvalue weighted by molar-refractivity contribution is -0.129. The van der Waals surface area contributed by atoms with Crippen LogP contribution >= 0.6 is 11.6 Å². The number of oxazole rings is 1. The zero-order chi connectivity index (χ0) is 22.2. The van der Waals surface area contributed by atoms with Gasteiger partial charge in [-0.2, -0.15) is 4.98 Å². The van der Waals surface area contributed by atoms with E-state index in [9.17, 15) is 17.6 Å². The molecular formula is C21H19ClFN3O4S. The minimum absolute atomic E-state index is 0.0433. The number of carbonyl (C=O) groups excluding carboxylic acids is 1. The van der Waals surface area contributed by atoms with E-state index in [4.69, 9.17) is 16.0 Å². The van der Waals surface area contributed by atoms with Gasteiger partial charge in [-0.15, -0.1) is 0 Å². The van der Waals surface area contributed by atoms with Crippen molar-refractivity contribution in [2.75, 3.05) is 31.1 Å². The highest BCUT2D eigenvalue weighted by Gasteiger charge is 2.33. The summed E-state index contributed by atoms with van der Waals surface area (Å²) in [6.45, 7) is 3.14. The lowest BCUT2D eigenvalue weighted by Crippen LogP contribution is -2.48. The first-order valence-electron chi connectivity index (χ1n) is 9.53. The van der Waals surface area contributed by atoms with Crippen LogP contribution in [0.3, 0.4) is 0 Å². The second-order valence-electron chi connectivity index (χ2n) is 7.09. The molecule has 1 aliphatic rings. The molecule has 31 heavy (non-hydrogen) atoms. The van der Waals surface area contributed by atoms with Crippen molar-refractivity contribution in [1.82, 2.24) is 9.88 Å². The van der Waals surface area contributed by atoms with Gasteiger partial charge in [-0.1, -0.05) is 11.6 Å². The van der Waals surface area contributed by atoms with Crippen LogP contribution in [-0.2, 0) is 14.6 Å². The summed E-state index contributed by atoms with van der Waals surface area (Å²) in [6.07, 6.45) is 0. The van der Waals surface area contributed by atoms with Crippen molar-refractivity contribution in [2.45, 2.75) is 16.8 Å². The van der Waals surface area contributed by atoms with Gasteiger partial charge in [0.05, 0.1) is 4.90 Å². The average molecular weight is 464 g/mol. The van der Waals surface area contributed by atoms with Crippen molar-refractivity contribution in [3.05, 3.63) is 59.4 Å². The minimum Gasteiger partial charge on any atom is -0.419 e. The minimum atomic E-state index is -4.08. The van der Waals surface area contributed by atoms with Crippen LogP contribution in [-0.4, -0.2) is 50.4 Å². The van der Waals surface area contributed by atoms with E-state index in [2.05, 4.69) is 4.98 Å². The van der Waals surface area contributed by atoms with Gasteiger partial charge in [0.2, 0.25) is 32.5 Å². The van der Waals surface area contributed by atoms with Crippen LogP contribution in [0.1, 0.15) is 6.92 Å². The summed E-state index contributed by atoms with van der Waals surface area (Å²) in [7, 11) is -4.08. The molecule has 2 heterocycles. The van der Waals surface area contributed by atoms with Crippen LogP contribution in [0.2, 0.25) is 5.02 Å². The van der Waals surface area contributed by atoms with Gasteiger partial charge in [0.25, 0.3) is 0 Å². The van der Waals surface area contributed by atoms with Gasteiger partial charge in [0.1, 0.15) is 5.82 Å². The molecular weight excluding hydrogens is 445 g/mol. The molecule has 4 rings (SSSR count). The topological polar surface area (TPSA) is 83.7 Å². The number of benzene rings is 2. The molecule has 0 atom stereocenters. The molecule has 1 aliphatic heterocycles. The number of nitrogens with zero attached hydrogens (tertiary/aromatic N) is 3. The molecule has 2 aromatic carbocycles. The van der Waals surface area contributed by atoms with Crippen LogP contribution in [0.15, 0.2) is 62.9 Å². The number of carbonyl (C=O) groups is 1. The summed E-state index contributed by atoms with van der Waals surface area (Å²) in [5.74, 6) is -0.362. The summed E-state index contributed by atoms with van der Waals surface area (Å²) in [4.78, 5) is 19.3. The van der Waals surface area contributed by atoms with E-state index in [1.54, 1.807) is 34.1 Å². The summed E-state index contributed by atoms with van der Waals surface area (Å²) >= 11 is 5.94. The summed E-state index contributed by atoms with van der Waals surface area (Å²) in [6, 6.07) is 11.2. The lowest BCUT2D eigenvalue weighted by atomic mass is 10.2. The average Bonchev–Trinajstić information content (AvgIpc) is 3.21. The highest BCUT2D eigenvalue weighted by molar-refractivity contribution is 7.91. The zero-order valence-electron chi connectivity index (χ0n) is 16.6. The fraction of sp³-hybridized carbons (Fsp3) is 0.238. The second-order valence-corrected chi connectivity index (χ2v) is 9.39. The van der Waals surface area contributed by atoms with Crippen molar-refractivity contribution >= 4 is 33.2 Å². The number of sulfone groups is 1. The lowest BCUT2D eigenvalue weighted by Gasteiger charge is -2.34. The number of anilines is 1. The van der Waals surface area contributed by atoms with E-state index >= 15 is 0 Å². The highest BCUT2D eigenvalue weighted by Crippen LogP contribution is 2.35. The summed E-state index contributed by atoms with van der Waals surface area (Å²) in [5.41, 5.74) is 0.563. The summed E-state index contributed by atoms with van der Waals surface area (Å²) < 4.78 is 45.9. The predicted molar refractivity (Wildman–Crippen MR) is 113 cm³/mol. The molecule has 1 fully saturated rings. The van der Waals surface area contributed by atoms with Crippen LogP contribution < -0.4 is 4.90 Å². The standard InChI is InChI=1S/C21H19ClFN3O4S/c1-14(27)25-10-12-26(13-11-25)21-20(31(28,29)18-8-6-17(23)7-9-18)24-19(30-21)15-2-4-16(22)5-3-15/h2-9H,10-13H2,1H3. The largest absolute Gasteiger partial charge is 0.419 e. The number of aromatic nitrogens is 1. The van der Waals surface area contributed by atoms with Gasteiger partial charge in [-0.25, -0.2) is 12.8 Å². The Morgan fingerprint density at radius 2 is 1.65 bits per heavy atom. The second kappa shape index (κ2) is 8.32. The number of piperazine rings is 1. The normalized spacial score (nSPS) is 14.7. The first-order chi connectivity index (χ1) is 14.8. The van der Waals surface area contributed by atoms with Crippen molar-refractivity contribution in [3.63, 3.8) is 0 Å². The van der Waals surface area contributed by atoms with Crippen LogP contribution in [0.5, 0.6) is 0 Å². The van der Waals surface area contributed by atoms with Gasteiger partial charge in [-0.3, -0.25) is 4.79 Å². The molecule has 0 bridgehead atoms. The van der Waals surface area contributed by atoms with E-state index in [0.29, 0.717) is 36.8 Å². The van der Waals surface area contributed by atoms with E-state index in [1.165, 1.54) is 19.1 Å². The molecule has 162 valence electrons. The molecule has 0 spiro atoms. The molecule has 0 unspecified atom stereocenters. The Kier molecular flexibility index (Phi) is 5.72. The third kappa shape index (κ3) is 4.28. The van der Waals surface area contributed by atoms with Gasteiger partial charge in [0, 0.05) is 43.7 Å². The smallest absolute Gasteiger partial charge is 0.236 e. The zero-order valence-corrected chi connectivity index (χ0v) is 18.2. The van der Waals surface area contributed by atoms with Crippen molar-refractivity contribution in [1.29, 1.82) is 0 Å². The molecule has 0 aliphatic carbocycles. The van der Waals surface area contributed by atoms with Gasteiger partial charge < -0.3 is 14.2 Å². The monoisotopic (exact) mass is 463 g/mol. The predicted octanol–water partition coefficient (Wildman–Crippen LogP) is 3.64. The maximum atomic E-state index is 13.3. The Morgan fingerprint density at radius 3 is 2.23 bits per heavy atom. The van der Waals surface area contributed by atoms with E-state index in [-0.39, 0.29) is 27.6 Å². The molecule has 7 nitrogen and oxygen atoms in total. The third-order valence-corrected chi connectivity index (χ3v) is 6.98. The Hall–Kier alpha value is -2.91. The Balaban J connectivity index is 1.78. The molecule has 3 aromatic rings. The molecule has 1 aromatic heterocycles. The van der Waals surface area contributed by atoms with Crippen molar-refractivity contribution in [2.24, 2.45) is 0 Å². The van der Waals surface area contributed by atoms with Crippen molar-refractivity contribution < 1.29 is 22.0 Å². The SMILES string of the molecule is CC(=O)N1CCN(c2oc(-c3ccc(Cl)cc3)nc2S(=O)(=O)c2ccc(F)cc2)CC1. The maximum absolute atomic E-state index is 13.3. The van der Waals surface area contributed by atoms with E-state index in [0.717, 1.165) is 12.1 Å². The number of rotatable bonds is 4. The maximum Gasteiger partial charge on any atom is 0.236 e.